The van der Waals surface area contributed by atoms with E-state index in [1.54, 1.807) is 20.4 Å². The zero-order chi connectivity index (χ0) is 15.2. The van der Waals surface area contributed by atoms with Gasteiger partial charge in [0.2, 0.25) is 0 Å². The maximum Gasteiger partial charge on any atom is 0.313 e. The topological polar surface area (TPSA) is 73.6 Å². The highest BCUT2D eigenvalue weighted by atomic mass is 32.2. The van der Waals surface area contributed by atoms with Crippen molar-refractivity contribution in [3.8, 4) is 11.5 Å². The highest BCUT2D eigenvalue weighted by Crippen LogP contribution is 2.26. The Balaban J connectivity index is 2.18. The molecule has 0 unspecified atom stereocenters. The van der Waals surface area contributed by atoms with Crippen molar-refractivity contribution >= 4 is 17.7 Å². The number of carboxylic acid groups (broad SMARTS) is 1. The summed E-state index contributed by atoms with van der Waals surface area (Å²) in [4.78, 5) is 14.8. The minimum atomic E-state index is -0.864. The second-order valence-corrected chi connectivity index (χ2v) is 5.14. The molecule has 1 aromatic carbocycles. The van der Waals surface area contributed by atoms with Gasteiger partial charge in [0.1, 0.15) is 11.5 Å². The quantitative estimate of drug-likeness (QED) is 0.790. The number of aliphatic carboxylic acids is 1. The molecule has 21 heavy (non-hydrogen) atoms. The average molecular weight is 308 g/mol. The number of thioether (sulfide) groups is 1. The minimum absolute atomic E-state index is 0.0171. The summed E-state index contributed by atoms with van der Waals surface area (Å²) < 4.78 is 12.4. The third kappa shape index (κ3) is 3.91. The van der Waals surface area contributed by atoms with Crippen LogP contribution >= 0.6 is 11.8 Å². The van der Waals surface area contributed by atoms with E-state index in [1.807, 2.05) is 29.0 Å². The summed E-state index contributed by atoms with van der Waals surface area (Å²) in [6.45, 7) is 0.551. The number of carboxylic acids is 1. The van der Waals surface area contributed by atoms with Crippen molar-refractivity contribution in [1.82, 2.24) is 9.55 Å². The van der Waals surface area contributed by atoms with Gasteiger partial charge in [0.05, 0.1) is 26.5 Å². The number of hydrogen-bond acceptors (Lipinski definition) is 5. The van der Waals surface area contributed by atoms with E-state index < -0.39 is 5.97 Å². The van der Waals surface area contributed by atoms with Crippen molar-refractivity contribution in [2.24, 2.45) is 0 Å². The number of carbonyl (C=O) groups is 1. The van der Waals surface area contributed by atoms with E-state index in [2.05, 4.69) is 4.98 Å². The number of benzene rings is 1. The molecule has 0 radical (unpaired) electrons. The Hall–Kier alpha value is -2.15. The third-order valence-corrected chi connectivity index (χ3v) is 3.83. The van der Waals surface area contributed by atoms with Gasteiger partial charge in [-0.1, -0.05) is 11.8 Å². The number of hydrogen-bond donors (Lipinski definition) is 1. The summed E-state index contributed by atoms with van der Waals surface area (Å²) in [6, 6.07) is 5.60. The highest BCUT2D eigenvalue weighted by Gasteiger charge is 2.10. The van der Waals surface area contributed by atoms with Gasteiger partial charge < -0.3 is 19.1 Å². The highest BCUT2D eigenvalue weighted by molar-refractivity contribution is 7.99. The molecule has 0 bridgehead atoms. The molecule has 0 aliphatic carbocycles. The van der Waals surface area contributed by atoms with Crippen LogP contribution in [-0.2, 0) is 11.3 Å². The molecule has 0 spiro atoms. The molecule has 0 atom stereocenters. The predicted octanol–water partition coefficient (Wildman–Crippen LogP) is 2.13. The van der Waals surface area contributed by atoms with Crippen molar-refractivity contribution in [3.05, 3.63) is 36.2 Å². The van der Waals surface area contributed by atoms with Crippen LogP contribution in [0.1, 0.15) is 5.56 Å². The Labute approximate surface area is 126 Å². The predicted molar refractivity (Wildman–Crippen MR) is 79.2 cm³/mol. The third-order valence-electron chi connectivity index (χ3n) is 2.84. The lowest BCUT2D eigenvalue weighted by molar-refractivity contribution is -0.133. The van der Waals surface area contributed by atoms with Crippen molar-refractivity contribution in [3.63, 3.8) is 0 Å². The second kappa shape index (κ2) is 7.03. The van der Waals surface area contributed by atoms with Crippen LogP contribution in [0.4, 0.5) is 0 Å². The second-order valence-electron chi connectivity index (χ2n) is 4.20. The van der Waals surface area contributed by atoms with Gasteiger partial charge in [-0.15, -0.1) is 0 Å². The number of aromatic nitrogens is 2. The van der Waals surface area contributed by atoms with Gasteiger partial charge in [-0.2, -0.15) is 0 Å². The monoisotopic (exact) mass is 308 g/mol. The Kier molecular flexibility index (Phi) is 5.10. The first-order valence-electron chi connectivity index (χ1n) is 6.20. The lowest BCUT2D eigenvalue weighted by Gasteiger charge is -2.12. The summed E-state index contributed by atoms with van der Waals surface area (Å²) in [5.74, 6) is 0.562. The summed E-state index contributed by atoms with van der Waals surface area (Å²) in [5, 5.41) is 9.40. The minimum Gasteiger partial charge on any atom is -0.497 e. The lowest BCUT2D eigenvalue weighted by atomic mass is 10.2. The van der Waals surface area contributed by atoms with Crippen LogP contribution < -0.4 is 9.47 Å². The van der Waals surface area contributed by atoms with Gasteiger partial charge >= 0.3 is 5.97 Å². The fourth-order valence-corrected chi connectivity index (χ4v) is 2.53. The van der Waals surface area contributed by atoms with Crippen LogP contribution in [-0.4, -0.2) is 40.6 Å². The first kappa shape index (κ1) is 15.2. The molecule has 1 N–H and O–H groups in total. The number of imidazole rings is 1. The average Bonchev–Trinajstić information content (AvgIpc) is 2.92. The SMILES string of the molecule is COc1ccc(Cn2ccnc2SCC(=O)O)c(OC)c1. The molecule has 0 saturated heterocycles. The van der Waals surface area contributed by atoms with Crippen LogP contribution in [0.25, 0.3) is 0 Å². The molecule has 1 heterocycles. The van der Waals surface area contributed by atoms with Crippen LogP contribution in [0.5, 0.6) is 11.5 Å². The van der Waals surface area contributed by atoms with Gasteiger partial charge in [0.15, 0.2) is 5.16 Å². The smallest absolute Gasteiger partial charge is 0.313 e. The largest absolute Gasteiger partial charge is 0.497 e. The summed E-state index contributed by atoms with van der Waals surface area (Å²) >= 11 is 1.19. The normalized spacial score (nSPS) is 10.4. The molecule has 0 aliphatic rings. The molecule has 2 aromatic rings. The van der Waals surface area contributed by atoms with Crippen LogP contribution in [0.2, 0.25) is 0 Å². The van der Waals surface area contributed by atoms with Gasteiger partial charge in [-0.25, -0.2) is 4.98 Å². The van der Waals surface area contributed by atoms with Crippen LogP contribution in [0.15, 0.2) is 35.7 Å². The van der Waals surface area contributed by atoms with E-state index in [0.29, 0.717) is 11.7 Å². The van der Waals surface area contributed by atoms with Gasteiger partial charge in [0, 0.05) is 24.0 Å². The maximum atomic E-state index is 10.6. The standard InChI is InChI=1S/C14H16N2O4S/c1-19-11-4-3-10(12(7-11)20-2)8-16-6-5-15-14(16)21-9-13(17)18/h3-7H,8-9H2,1-2H3,(H,17,18). The zero-order valence-corrected chi connectivity index (χ0v) is 12.6. The van der Waals surface area contributed by atoms with Crippen LogP contribution in [0.3, 0.4) is 0 Å². The Morgan fingerprint density at radius 1 is 1.38 bits per heavy atom. The molecule has 0 amide bonds. The Morgan fingerprint density at radius 3 is 2.86 bits per heavy atom. The molecule has 6 nitrogen and oxygen atoms in total. The number of ether oxygens (including phenoxy) is 2. The van der Waals surface area contributed by atoms with Crippen molar-refractivity contribution < 1.29 is 19.4 Å². The molecular formula is C14H16N2O4S. The van der Waals surface area contributed by atoms with Gasteiger partial charge in [-0.05, 0) is 12.1 Å². The van der Waals surface area contributed by atoms with Crippen molar-refractivity contribution in [2.45, 2.75) is 11.7 Å². The molecule has 0 aliphatic heterocycles. The number of nitrogens with zero attached hydrogens (tertiary/aromatic N) is 2. The summed E-state index contributed by atoms with van der Waals surface area (Å²) in [5.41, 5.74) is 0.966. The molecule has 2 rings (SSSR count). The van der Waals surface area contributed by atoms with E-state index in [1.165, 1.54) is 11.8 Å². The van der Waals surface area contributed by atoms with Crippen molar-refractivity contribution in [2.75, 3.05) is 20.0 Å². The molecule has 0 saturated carbocycles. The van der Waals surface area contributed by atoms with E-state index in [0.717, 1.165) is 17.1 Å². The first-order chi connectivity index (χ1) is 10.1. The van der Waals surface area contributed by atoms with Gasteiger partial charge in [0.25, 0.3) is 0 Å². The fourth-order valence-electron chi connectivity index (χ4n) is 1.85. The number of methoxy groups -OCH3 is 2. The van der Waals surface area contributed by atoms with Gasteiger partial charge in [-0.3, -0.25) is 4.79 Å². The molecule has 1 aromatic heterocycles. The molecule has 0 fully saturated rings. The lowest BCUT2D eigenvalue weighted by Crippen LogP contribution is -2.05. The zero-order valence-electron chi connectivity index (χ0n) is 11.8. The summed E-state index contributed by atoms with van der Waals surface area (Å²) in [6.07, 6.45) is 3.47. The van der Waals surface area contributed by atoms with E-state index in [-0.39, 0.29) is 5.75 Å². The first-order valence-corrected chi connectivity index (χ1v) is 7.19. The Bertz CT molecular complexity index is 627. The molecule has 7 heteroatoms. The number of rotatable bonds is 7. The Morgan fingerprint density at radius 2 is 2.19 bits per heavy atom. The van der Waals surface area contributed by atoms with E-state index in [9.17, 15) is 4.79 Å². The van der Waals surface area contributed by atoms with E-state index >= 15 is 0 Å². The maximum absolute atomic E-state index is 10.6. The van der Waals surface area contributed by atoms with E-state index in [4.69, 9.17) is 14.6 Å². The summed E-state index contributed by atoms with van der Waals surface area (Å²) in [7, 11) is 3.21. The fraction of sp³-hybridized carbons (Fsp3) is 0.286. The van der Waals surface area contributed by atoms with Crippen molar-refractivity contribution in [1.29, 1.82) is 0 Å². The molecule has 112 valence electrons. The van der Waals surface area contributed by atoms with Crippen LogP contribution in [0, 0.1) is 0 Å². The molecular weight excluding hydrogens is 292 g/mol.